The van der Waals surface area contributed by atoms with E-state index in [0.29, 0.717) is 10.2 Å². The summed E-state index contributed by atoms with van der Waals surface area (Å²) in [6.07, 6.45) is -2.17. The molecule has 0 aliphatic rings. The molecule has 2 heterocycles. The van der Waals surface area contributed by atoms with E-state index in [4.69, 9.17) is 0 Å². The SMILES string of the molecule is C=CCn1c(SCC(=O)NCC(F)(F)F)nc2sc(CC)cc2c1=O. The van der Waals surface area contributed by atoms with Crippen molar-refractivity contribution in [3.63, 3.8) is 0 Å². The third-order valence-electron chi connectivity index (χ3n) is 3.15. The Labute approximate surface area is 149 Å². The third-order valence-corrected chi connectivity index (χ3v) is 5.30. The van der Waals surface area contributed by atoms with Crippen molar-refractivity contribution in [1.29, 1.82) is 0 Å². The first-order valence-corrected chi connectivity index (χ1v) is 9.15. The molecule has 0 spiro atoms. The molecule has 0 saturated heterocycles. The summed E-state index contributed by atoms with van der Waals surface area (Å²) in [4.78, 5) is 30.1. The number of rotatable bonds is 7. The van der Waals surface area contributed by atoms with E-state index in [0.717, 1.165) is 23.1 Å². The molecule has 0 aliphatic carbocycles. The van der Waals surface area contributed by atoms with E-state index in [1.54, 1.807) is 11.4 Å². The summed E-state index contributed by atoms with van der Waals surface area (Å²) in [7, 11) is 0. The van der Waals surface area contributed by atoms with Crippen LogP contribution in [0.2, 0.25) is 0 Å². The Bertz CT molecular complexity index is 843. The zero-order chi connectivity index (χ0) is 18.6. The summed E-state index contributed by atoms with van der Waals surface area (Å²) >= 11 is 2.31. The summed E-state index contributed by atoms with van der Waals surface area (Å²) in [6.45, 7) is 4.37. The summed E-state index contributed by atoms with van der Waals surface area (Å²) < 4.78 is 37.7. The number of hydrogen-bond acceptors (Lipinski definition) is 5. The fourth-order valence-electron chi connectivity index (χ4n) is 2.00. The van der Waals surface area contributed by atoms with Crippen molar-refractivity contribution >= 4 is 39.2 Å². The molecule has 2 aromatic rings. The van der Waals surface area contributed by atoms with Gasteiger partial charge in [0.05, 0.1) is 11.1 Å². The number of nitrogens with one attached hydrogen (secondary N) is 1. The zero-order valence-corrected chi connectivity index (χ0v) is 15.0. The highest BCUT2D eigenvalue weighted by atomic mass is 32.2. The van der Waals surface area contributed by atoms with Gasteiger partial charge in [-0.1, -0.05) is 24.8 Å². The molecule has 1 amide bonds. The topological polar surface area (TPSA) is 64.0 Å². The van der Waals surface area contributed by atoms with Crippen LogP contribution in [0.25, 0.3) is 10.2 Å². The van der Waals surface area contributed by atoms with Crippen molar-refractivity contribution in [2.75, 3.05) is 12.3 Å². The number of thiophene rings is 1. The predicted octanol–water partition coefficient (Wildman–Crippen LogP) is 2.98. The molecule has 0 fully saturated rings. The monoisotopic (exact) mass is 391 g/mol. The quantitative estimate of drug-likeness (QED) is 0.448. The van der Waals surface area contributed by atoms with Gasteiger partial charge in [0.25, 0.3) is 5.56 Å². The van der Waals surface area contributed by atoms with Crippen LogP contribution in [0.4, 0.5) is 13.2 Å². The molecular formula is C15H16F3N3O2S2. The average molecular weight is 391 g/mol. The molecule has 0 aromatic carbocycles. The first-order chi connectivity index (χ1) is 11.7. The number of hydrogen-bond donors (Lipinski definition) is 1. The van der Waals surface area contributed by atoms with E-state index in [1.807, 2.05) is 6.92 Å². The van der Waals surface area contributed by atoms with Crippen LogP contribution in [-0.4, -0.2) is 33.9 Å². The van der Waals surface area contributed by atoms with E-state index in [1.165, 1.54) is 22.0 Å². The largest absolute Gasteiger partial charge is 0.405 e. The minimum absolute atomic E-state index is 0.200. The number of carbonyl (C=O) groups is 1. The fourth-order valence-corrected chi connectivity index (χ4v) is 3.85. The van der Waals surface area contributed by atoms with Crippen LogP contribution in [-0.2, 0) is 17.8 Å². The summed E-state index contributed by atoms with van der Waals surface area (Å²) in [5.74, 6) is -1.04. The number of aryl methyl sites for hydroxylation is 1. The van der Waals surface area contributed by atoms with E-state index >= 15 is 0 Å². The summed E-state index contributed by atoms with van der Waals surface area (Å²) in [6, 6.07) is 1.79. The standard InChI is InChI=1S/C15H16F3N3O2S2/c1-3-5-21-13(23)10-6-9(4-2)25-12(10)20-14(21)24-7-11(22)19-8-15(16,17)18/h3,6H,1,4-5,7-8H2,2H3,(H,19,22). The molecule has 0 aliphatic heterocycles. The number of amides is 1. The summed E-state index contributed by atoms with van der Waals surface area (Å²) in [5, 5.41) is 2.57. The number of halogens is 3. The fraction of sp³-hybridized carbons (Fsp3) is 0.400. The molecular weight excluding hydrogens is 375 g/mol. The van der Waals surface area contributed by atoms with Gasteiger partial charge in [-0.2, -0.15) is 13.2 Å². The van der Waals surface area contributed by atoms with E-state index in [2.05, 4.69) is 11.6 Å². The molecule has 25 heavy (non-hydrogen) atoms. The lowest BCUT2D eigenvalue weighted by Gasteiger charge is -2.11. The van der Waals surface area contributed by atoms with Crippen LogP contribution < -0.4 is 10.9 Å². The molecule has 0 radical (unpaired) electrons. The number of nitrogens with zero attached hydrogens (tertiary/aromatic N) is 2. The second-order valence-corrected chi connectivity index (χ2v) is 7.12. The molecule has 0 bridgehead atoms. The number of allylic oxidation sites excluding steroid dienone is 1. The Morgan fingerprint density at radius 3 is 2.84 bits per heavy atom. The summed E-state index contributed by atoms with van der Waals surface area (Å²) in [5.41, 5.74) is -0.251. The van der Waals surface area contributed by atoms with E-state index in [-0.39, 0.29) is 23.0 Å². The van der Waals surface area contributed by atoms with Crippen LogP contribution >= 0.6 is 23.1 Å². The molecule has 5 nitrogen and oxygen atoms in total. The first kappa shape index (κ1) is 19.5. The number of fused-ring (bicyclic) bond motifs is 1. The van der Waals surface area contributed by atoms with Gasteiger partial charge in [0.1, 0.15) is 11.4 Å². The minimum Gasteiger partial charge on any atom is -0.346 e. The van der Waals surface area contributed by atoms with Crippen LogP contribution in [0.3, 0.4) is 0 Å². The number of thioether (sulfide) groups is 1. The molecule has 2 rings (SSSR count). The van der Waals surface area contributed by atoms with Crippen LogP contribution in [0, 0.1) is 0 Å². The molecule has 0 unspecified atom stereocenters. The molecule has 2 aromatic heterocycles. The Hall–Kier alpha value is -1.81. The maximum absolute atomic E-state index is 12.6. The zero-order valence-electron chi connectivity index (χ0n) is 13.4. The number of aromatic nitrogens is 2. The first-order valence-electron chi connectivity index (χ1n) is 7.35. The lowest BCUT2D eigenvalue weighted by atomic mass is 10.3. The molecule has 0 saturated carbocycles. The van der Waals surface area contributed by atoms with Gasteiger partial charge in [-0.15, -0.1) is 17.9 Å². The van der Waals surface area contributed by atoms with Gasteiger partial charge in [0.2, 0.25) is 5.91 Å². The highest BCUT2D eigenvalue weighted by molar-refractivity contribution is 7.99. The lowest BCUT2D eigenvalue weighted by Crippen LogP contribution is -2.35. The van der Waals surface area contributed by atoms with Crippen LogP contribution in [0.5, 0.6) is 0 Å². The van der Waals surface area contributed by atoms with Gasteiger partial charge in [0.15, 0.2) is 5.16 Å². The van der Waals surface area contributed by atoms with Gasteiger partial charge >= 0.3 is 6.18 Å². The van der Waals surface area contributed by atoms with Crippen LogP contribution in [0.1, 0.15) is 11.8 Å². The highest BCUT2D eigenvalue weighted by Crippen LogP contribution is 2.25. The number of carbonyl (C=O) groups excluding carboxylic acids is 1. The normalized spacial score (nSPS) is 11.7. The van der Waals surface area contributed by atoms with Crippen molar-refractivity contribution in [3.05, 3.63) is 34.0 Å². The maximum Gasteiger partial charge on any atom is 0.405 e. The Morgan fingerprint density at radius 1 is 1.52 bits per heavy atom. The smallest absolute Gasteiger partial charge is 0.346 e. The molecule has 0 atom stereocenters. The maximum atomic E-state index is 12.6. The van der Waals surface area contributed by atoms with Gasteiger partial charge in [0, 0.05) is 11.4 Å². The van der Waals surface area contributed by atoms with Crippen molar-refractivity contribution < 1.29 is 18.0 Å². The van der Waals surface area contributed by atoms with Gasteiger partial charge in [-0.3, -0.25) is 14.2 Å². The van der Waals surface area contributed by atoms with Crippen molar-refractivity contribution in [2.24, 2.45) is 0 Å². The van der Waals surface area contributed by atoms with Gasteiger partial charge in [-0.25, -0.2) is 4.98 Å². The Morgan fingerprint density at radius 2 is 2.24 bits per heavy atom. The molecule has 10 heteroatoms. The highest BCUT2D eigenvalue weighted by Gasteiger charge is 2.27. The lowest BCUT2D eigenvalue weighted by molar-refractivity contribution is -0.136. The molecule has 1 N–H and O–H groups in total. The Balaban J connectivity index is 2.24. The van der Waals surface area contributed by atoms with E-state index in [9.17, 15) is 22.8 Å². The average Bonchev–Trinajstić information content (AvgIpc) is 2.97. The Kier molecular flexibility index (Phi) is 6.28. The van der Waals surface area contributed by atoms with Crippen molar-refractivity contribution in [3.8, 4) is 0 Å². The van der Waals surface area contributed by atoms with E-state index < -0.39 is 18.6 Å². The molecule has 136 valence electrons. The second-order valence-electron chi connectivity index (χ2n) is 5.06. The van der Waals surface area contributed by atoms with Gasteiger partial charge in [-0.05, 0) is 12.5 Å². The number of alkyl halides is 3. The minimum atomic E-state index is -4.46. The second kappa shape index (κ2) is 8.05. The third kappa shape index (κ3) is 5.08. The van der Waals surface area contributed by atoms with Crippen LogP contribution in [0.15, 0.2) is 28.7 Å². The van der Waals surface area contributed by atoms with Crippen molar-refractivity contribution in [1.82, 2.24) is 14.9 Å². The van der Waals surface area contributed by atoms with Gasteiger partial charge < -0.3 is 5.32 Å². The predicted molar refractivity (Wildman–Crippen MR) is 93.2 cm³/mol. The van der Waals surface area contributed by atoms with Crippen molar-refractivity contribution in [2.45, 2.75) is 31.2 Å².